The van der Waals surface area contributed by atoms with Gasteiger partial charge in [-0.05, 0) is 26.0 Å². The molecular formula is C11H12N4. The highest BCUT2D eigenvalue weighted by molar-refractivity contribution is 5.66. The highest BCUT2D eigenvalue weighted by Crippen LogP contribution is 2.20. The van der Waals surface area contributed by atoms with E-state index in [4.69, 9.17) is 5.73 Å². The van der Waals surface area contributed by atoms with Crippen molar-refractivity contribution in [2.24, 2.45) is 0 Å². The molecule has 0 radical (unpaired) electrons. The maximum absolute atomic E-state index is 5.81. The number of aromatic nitrogens is 3. The van der Waals surface area contributed by atoms with E-state index in [0.29, 0.717) is 11.5 Å². The van der Waals surface area contributed by atoms with Crippen molar-refractivity contribution in [2.75, 3.05) is 5.73 Å². The van der Waals surface area contributed by atoms with Crippen LogP contribution < -0.4 is 5.73 Å². The first-order valence-electron chi connectivity index (χ1n) is 4.70. The third-order valence-electron chi connectivity index (χ3n) is 2.24. The van der Waals surface area contributed by atoms with E-state index in [2.05, 4.69) is 15.0 Å². The second kappa shape index (κ2) is 3.65. The van der Waals surface area contributed by atoms with Gasteiger partial charge in [0.2, 0.25) is 0 Å². The van der Waals surface area contributed by atoms with Crippen LogP contribution in [0.1, 0.15) is 11.4 Å². The zero-order valence-electron chi connectivity index (χ0n) is 8.73. The molecule has 4 nitrogen and oxygen atoms in total. The summed E-state index contributed by atoms with van der Waals surface area (Å²) in [7, 11) is 0. The van der Waals surface area contributed by atoms with E-state index in [1.165, 1.54) is 0 Å². The van der Waals surface area contributed by atoms with Gasteiger partial charge in [0.25, 0.3) is 0 Å². The van der Waals surface area contributed by atoms with E-state index in [1.54, 1.807) is 6.20 Å². The maximum Gasteiger partial charge on any atom is 0.151 e. The van der Waals surface area contributed by atoms with Gasteiger partial charge in [-0.1, -0.05) is 6.07 Å². The fourth-order valence-electron chi connectivity index (χ4n) is 1.31. The van der Waals surface area contributed by atoms with Gasteiger partial charge in [-0.2, -0.15) is 0 Å². The molecule has 0 aliphatic rings. The monoisotopic (exact) mass is 200 g/mol. The maximum atomic E-state index is 5.81. The minimum atomic E-state index is 0.428. The van der Waals surface area contributed by atoms with Crippen LogP contribution in [0.4, 0.5) is 5.82 Å². The number of hydrogen-bond acceptors (Lipinski definition) is 4. The first-order chi connectivity index (χ1) is 7.18. The topological polar surface area (TPSA) is 64.7 Å². The van der Waals surface area contributed by atoms with Gasteiger partial charge >= 0.3 is 0 Å². The summed E-state index contributed by atoms with van der Waals surface area (Å²) >= 11 is 0. The number of nitrogens with two attached hydrogens (primary N) is 1. The number of nitrogens with zero attached hydrogens (tertiary/aromatic N) is 3. The Hall–Kier alpha value is -1.97. The van der Waals surface area contributed by atoms with Gasteiger partial charge in [0.05, 0.1) is 17.1 Å². The van der Waals surface area contributed by atoms with Gasteiger partial charge in [0, 0.05) is 6.20 Å². The van der Waals surface area contributed by atoms with Gasteiger partial charge < -0.3 is 5.73 Å². The molecule has 0 aliphatic heterocycles. The van der Waals surface area contributed by atoms with Crippen molar-refractivity contribution in [3.05, 3.63) is 35.8 Å². The molecule has 0 atom stereocenters. The van der Waals surface area contributed by atoms with Gasteiger partial charge in [0.1, 0.15) is 5.69 Å². The molecule has 0 fully saturated rings. The Morgan fingerprint density at radius 2 is 1.80 bits per heavy atom. The van der Waals surface area contributed by atoms with Crippen LogP contribution in [0.15, 0.2) is 24.4 Å². The first-order valence-corrected chi connectivity index (χ1v) is 4.70. The molecular weight excluding hydrogens is 188 g/mol. The lowest BCUT2D eigenvalue weighted by Gasteiger charge is -2.06. The highest BCUT2D eigenvalue weighted by atomic mass is 14.9. The molecule has 0 saturated carbocycles. The summed E-state index contributed by atoms with van der Waals surface area (Å²) in [4.78, 5) is 12.8. The summed E-state index contributed by atoms with van der Waals surface area (Å²) in [6.45, 7) is 3.80. The Morgan fingerprint density at radius 3 is 2.47 bits per heavy atom. The Labute approximate surface area is 88.2 Å². The van der Waals surface area contributed by atoms with Crippen LogP contribution in [0.25, 0.3) is 11.4 Å². The van der Waals surface area contributed by atoms with Crippen molar-refractivity contribution in [1.29, 1.82) is 0 Å². The summed E-state index contributed by atoms with van der Waals surface area (Å²) in [5, 5.41) is 0. The van der Waals surface area contributed by atoms with Crippen LogP contribution in [0, 0.1) is 13.8 Å². The number of rotatable bonds is 1. The van der Waals surface area contributed by atoms with E-state index in [-0.39, 0.29) is 0 Å². The average Bonchev–Trinajstić information content (AvgIpc) is 2.25. The predicted octanol–water partition coefficient (Wildman–Crippen LogP) is 1.74. The summed E-state index contributed by atoms with van der Waals surface area (Å²) in [6.07, 6.45) is 1.71. The fraction of sp³-hybridized carbons (Fsp3) is 0.182. The van der Waals surface area contributed by atoms with Crippen LogP contribution >= 0.6 is 0 Å². The van der Waals surface area contributed by atoms with Crippen LogP contribution in [0.2, 0.25) is 0 Å². The lowest BCUT2D eigenvalue weighted by atomic mass is 10.2. The van der Waals surface area contributed by atoms with Crippen LogP contribution in [0.3, 0.4) is 0 Å². The number of nitrogen functional groups attached to an aromatic ring is 1. The predicted molar refractivity (Wildman–Crippen MR) is 59.1 cm³/mol. The fourth-order valence-corrected chi connectivity index (χ4v) is 1.31. The van der Waals surface area contributed by atoms with Gasteiger partial charge in [0.15, 0.2) is 5.82 Å². The van der Waals surface area contributed by atoms with Crippen LogP contribution in [0.5, 0.6) is 0 Å². The molecule has 0 saturated heterocycles. The summed E-state index contributed by atoms with van der Waals surface area (Å²) in [5.41, 5.74) is 8.95. The number of anilines is 1. The van der Waals surface area contributed by atoms with Crippen molar-refractivity contribution < 1.29 is 0 Å². The molecule has 0 bridgehead atoms. The zero-order valence-corrected chi connectivity index (χ0v) is 8.73. The molecule has 2 N–H and O–H groups in total. The SMILES string of the molecule is Cc1nc(N)c(-c2ccccn2)nc1C. The average molecular weight is 200 g/mol. The Balaban J connectivity index is 2.59. The van der Waals surface area contributed by atoms with Gasteiger partial charge in [-0.25, -0.2) is 9.97 Å². The third kappa shape index (κ3) is 1.79. The normalized spacial score (nSPS) is 10.3. The largest absolute Gasteiger partial charge is 0.382 e. The van der Waals surface area contributed by atoms with Crippen LogP contribution in [-0.4, -0.2) is 15.0 Å². The van der Waals surface area contributed by atoms with Crippen molar-refractivity contribution in [3.8, 4) is 11.4 Å². The quantitative estimate of drug-likeness (QED) is 0.761. The summed E-state index contributed by atoms with van der Waals surface area (Å²) in [5.74, 6) is 0.428. The minimum absolute atomic E-state index is 0.428. The van der Waals surface area contributed by atoms with E-state index in [1.807, 2.05) is 32.0 Å². The molecule has 0 spiro atoms. The number of hydrogen-bond donors (Lipinski definition) is 1. The van der Waals surface area contributed by atoms with Crippen LogP contribution in [-0.2, 0) is 0 Å². The Bertz CT molecular complexity index is 479. The molecule has 4 heteroatoms. The second-order valence-electron chi connectivity index (χ2n) is 3.34. The molecule has 0 aliphatic carbocycles. The Morgan fingerprint density at radius 1 is 1.07 bits per heavy atom. The van der Waals surface area contributed by atoms with Crippen molar-refractivity contribution in [3.63, 3.8) is 0 Å². The summed E-state index contributed by atoms with van der Waals surface area (Å²) in [6, 6.07) is 5.63. The summed E-state index contributed by atoms with van der Waals surface area (Å²) < 4.78 is 0. The highest BCUT2D eigenvalue weighted by Gasteiger charge is 2.08. The molecule has 15 heavy (non-hydrogen) atoms. The lowest BCUT2D eigenvalue weighted by Crippen LogP contribution is -2.02. The molecule has 0 amide bonds. The van der Waals surface area contributed by atoms with E-state index < -0.39 is 0 Å². The molecule has 2 rings (SSSR count). The first kappa shape index (κ1) is 9.58. The van der Waals surface area contributed by atoms with E-state index in [0.717, 1.165) is 17.1 Å². The van der Waals surface area contributed by atoms with Gasteiger partial charge in [-0.3, -0.25) is 4.98 Å². The van der Waals surface area contributed by atoms with Crippen molar-refractivity contribution in [2.45, 2.75) is 13.8 Å². The molecule has 0 unspecified atom stereocenters. The zero-order chi connectivity index (χ0) is 10.8. The molecule has 0 aromatic carbocycles. The van der Waals surface area contributed by atoms with E-state index in [9.17, 15) is 0 Å². The standard InChI is InChI=1S/C11H12N4/c1-7-8(2)15-11(12)10(14-7)9-5-3-4-6-13-9/h3-6H,1-2H3,(H2,12,15). The number of aryl methyl sites for hydroxylation is 2. The Kier molecular flexibility index (Phi) is 2.33. The number of pyridine rings is 1. The second-order valence-corrected chi connectivity index (χ2v) is 3.34. The lowest BCUT2D eigenvalue weighted by molar-refractivity contribution is 1.05. The smallest absolute Gasteiger partial charge is 0.151 e. The van der Waals surface area contributed by atoms with Crippen molar-refractivity contribution in [1.82, 2.24) is 15.0 Å². The minimum Gasteiger partial charge on any atom is -0.382 e. The van der Waals surface area contributed by atoms with Gasteiger partial charge in [-0.15, -0.1) is 0 Å². The molecule has 2 aromatic heterocycles. The van der Waals surface area contributed by atoms with Crippen molar-refractivity contribution >= 4 is 5.82 Å². The van der Waals surface area contributed by atoms with E-state index >= 15 is 0 Å². The molecule has 2 aromatic rings. The molecule has 2 heterocycles. The molecule has 76 valence electrons. The third-order valence-corrected chi connectivity index (χ3v) is 2.24.